The second kappa shape index (κ2) is 5.34. The van der Waals surface area contributed by atoms with Gasteiger partial charge in [0.05, 0.1) is 5.56 Å². The lowest BCUT2D eigenvalue weighted by Crippen LogP contribution is -2.34. The van der Waals surface area contributed by atoms with E-state index < -0.39 is 5.97 Å². The summed E-state index contributed by atoms with van der Waals surface area (Å²) in [7, 11) is 3.20. The van der Waals surface area contributed by atoms with Crippen LogP contribution in [0.1, 0.15) is 21.5 Å². The zero-order valence-corrected chi connectivity index (χ0v) is 10.2. The number of rotatable bonds is 3. The lowest BCUT2D eigenvalue weighted by atomic mass is 10.0. The van der Waals surface area contributed by atoms with Gasteiger partial charge in [-0.25, -0.2) is 9.59 Å². The predicted molar refractivity (Wildman–Crippen MR) is 64.1 cm³/mol. The molecule has 0 aliphatic rings. The maximum atomic E-state index is 11.3. The summed E-state index contributed by atoms with van der Waals surface area (Å²) in [4.78, 5) is 23.7. The highest BCUT2D eigenvalue weighted by Gasteiger charge is 2.10. The molecular formula is C12H16N2O3. The van der Waals surface area contributed by atoms with Gasteiger partial charge in [-0.3, -0.25) is 0 Å². The molecule has 2 amide bonds. The van der Waals surface area contributed by atoms with Crippen molar-refractivity contribution in [2.45, 2.75) is 13.5 Å². The first-order chi connectivity index (χ1) is 7.95. The minimum absolute atomic E-state index is 0.206. The van der Waals surface area contributed by atoms with Crippen LogP contribution in [0, 0.1) is 6.92 Å². The van der Waals surface area contributed by atoms with E-state index in [2.05, 4.69) is 5.32 Å². The number of aromatic carboxylic acids is 1. The molecule has 0 saturated heterocycles. The lowest BCUT2D eigenvalue weighted by Gasteiger charge is -2.17. The van der Waals surface area contributed by atoms with Crippen molar-refractivity contribution in [3.63, 3.8) is 0 Å². The second-order valence-electron chi connectivity index (χ2n) is 3.87. The average Bonchev–Trinajstić information content (AvgIpc) is 2.30. The Morgan fingerprint density at radius 2 is 2.06 bits per heavy atom. The van der Waals surface area contributed by atoms with E-state index in [0.717, 1.165) is 5.56 Å². The molecule has 5 nitrogen and oxygen atoms in total. The van der Waals surface area contributed by atoms with Gasteiger partial charge in [-0.15, -0.1) is 0 Å². The maximum absolute atomic E-state index is 11.3. The Morgan fingerprint density at radius 3 is 2.59 bits per heavy atom. The van der Waals surface area contributed by atoms with Crippen molar-refractivity contribution >= 4 is 12.0 Å². The highest BCUT2D eigenvalue weighted by molar-refractivity contribution is 5.89. The molecule has 0 radical (unpaired) electrons. The van der Waals surface area contributed by atoms with Gasteiger partial charge < -0.3 is 15.3 Å². The fourth-order valence-electron chi connectivity index (χ4n) is 1.53. The van der Waals surface area contributed by atoms with Crippen molar-refractivity contribution in [3.05, 3.63) is 34.9 Å². The van der Waals surface area contributed by atoms with E-state index in [9.17, 15) is 9.59 Å². The molecule has 1 rings (SSSR count). The number of carboxylic acids is 1. The molecule has 0 aliphatic carbocycles. The van der Waals surface area contributed by atoms with E-state index in [1.165, 1.54) is 4.90 Å². The number of carboxylic acid groups (broad SMARTS) is 1. The van der Waals surface area contributed by atoms with Crippen LogP contribution in [0.3, 0.4) is 0 Å². The van der Waals surface area contributed by atoms with Gasteiger partial charge in [-0.1, -0.05) is 12.1 Å². The minimum Gasteiger partial charge on any atom is -0.478 e. The number of urea groups is 1. The normalized spacial score (nSPS) is 9.82. The molecule has 0 spiro atoms. The molecule has 92 valence electrons. The molecule has 0 heterocycles. The number of nitrogens with one attached hydrogen (secondary N) is 1. The van der Waals surface area contributed by atoms with Crippen LogP contribution in [0.5, 0.6) is 0 Å². The third kappa shape index (κ3) is 3.21. The summed E-state index contributed by atoms with van der Waals surface area (Å²) < 4.78 is 0. The van der Waals surface area contributed by atoms with Crippen molar-refractivity contribution in [2.24, 2.45) is 0 Å². The van der Waals surface area contributed by atoms with Crippen molar-refractivity contribution in [1.82, 2.24) is 10.2 Å². The van der Waals surface area contributed by atoms with Crippen LogP contribution in [0.2, 0.25) is 0 Å². The van der Waals surface area contributed by atoms with E-state index in [0.29, 0.717) is 12.1 Å². The van der Waals surface area contributed by atoms with Gasteiger partial charge in [0.2, 0.25) is 0 Å². The number of carbonyl (C=O) groups excluding carboxylic acids is 1. The van der Waals surface area contributed by atoms with Crippen LogP contribution in [-0.4, -0.2) is 36.1 Å². The van der Waals surface area contributed by atoms with Crippen molar-refractivity contribution in [1.29, 1.82) is 0 Å². The van der Waals surface area contributed by atoms with E-state index >= 15 is 0 Å². The van der Waals surface area contributed by atoms with Crippen molar-refractivity contribution < 1.29 is 14.7 Å². The van der Waals surface area contributed by atoms with Crippen LogP contribution in [0.4, 0.5) is 4.79 Å². The standard InChI is InChI=1S/C12H16N2O3/c1-8-4-5-9(6-10(8)11(15)16)7-14(3)12(17)13-2/h4-6H,7H2,1-3H3,(H,13,17)(H,15,16). The Balaban J connectivity index is 2.90. The third-order valence-electron chi connectivity index (χ3n) is 2.51. The fraction of sp³-hybridized carbons (Fsp3) is 0.333. The van der Waals surface area contributed by atoms with Crippen molar-refractivity contribution in [3.8, 4) is 0 Å². The first kappa shape index (κ1) is 13.0. The Kier molecular flexibility index (Phi) is 4.09. The quantitative estimate of drug-likeness (QED) is 0.834. The van der Waals surface area contributed by atoms with E-state index in [4.69, 9.17) is 5.11 Å². The Hall–Kier alpha value is -2.04. The monoisotopic (exact) mass is 236 g/mol. The number of nitrogens with zero attached hydrogens (tertiary/aromatic N) is 1. The molecule has 17 heavy (non-hydrogen) atoms. The molecule has 0 aliphatic heterocycles. The summed E-state index contributed by atoms with van der Waals surface area (Å²) in [5.41, 5.74) is 1.77. The molecule has 0 atom stereocenters. The predicted octanol–water partition coefficient (Wildman–Crippen LogP) is 1.46. The second-order valence-corrected chi connectivity index (χ2v) is 3.87. The molecule has 0 saturated carbocycles. The van der Waals surface area contributed by atoms with Gasteiger partial charge in [0.25, 0.3) is 0 Å². The molecule has 0 aromatic heterocycles. The maximum Gasteiger partial charge on any atom is 0.335 e. The van der Waals surface area contributed by atoms with Gasteiger partial charge in [0.15, 0.2) is 0 Å². The van der Waals surface area contributed by atoms with Crippen LogP contribution in [0.15, 0.2) is 18.2 Å². The van der Waals surface area contributed by atoms with Gasteiger partial charge in [-0.2, -0.15) is 0 Å². The summed E-state index contributed by atoms with van der Waals surface area (Å²) in [6.45, 7) is 2.12. The topological polar surface area (TPSA) is 69.6 Å². The Labute approximate surface area is 100 Å². The van der Waals surface area contributed by atoms with Crippen LogP contribution in [-0.2, 0) is 6.54 Å². The molecule has 2 N–H and O–H groups in total. The van der Waals surface area contributed by atoms with Crippen LogP contribution >= 0.6 is 0 Å². The van der Waals surface area contributed by atoms with Gasteiger partial charge in [0, 0.05) is 20.6 Å². The van der Waals surface area contributed by atoms with Crippen LogP contribution in [0.25, 0.3) is 0 Å². The summed E-state index contributed by atoms with van der Waals surface area (Å²) >= 11 is 0. The first-order valence-electron chi connectivity index (χ1n) is 5.21. The fourth-order valence-corrected chi connectivity index (χ4v) is 1.53. The third-order valence-corrected chi connectivity index (χ3v) is 2.51. The van der Waals surface area contributed by atoms with E-state index in [-0.39, 0.29) is 11.6 Å². The highest BCUT2D eigenvalue weighted by atomic mass is 16.4. The number of carbonyl (C=O) groups is 2. The number of benzene rings is 1. The van der Waals surface area contributed by atoms with Crippen LogP contribution < -0.4 is 5.32 Å². The summed E-state index contributed by atoms with van der Waals surface area (Å²) in [5.74, 6) is -0.952. The number of hydrogen-bond acceptors (Lipinski definition) is 2. The highest BCUT2D eigenvalue weighted by Crippen LogP contribution is 2.12. The lowest BCUT2D eigenvalue weighted by molar-refractivity contribution is 0.0696. The number of amides is 2. The molecule has 1 aromatic carbocycles. The van der Waals surface area contributed by atoms with Gasteiger partial charge in [0.1, 0.15) is 0 Å². The molecule has 0 unspecified atom stereocenters. The number of hydrogen-bond donors (Lipinski definition) is 2. The molecule has 1 aromatic rings. The SMILES string of the molecule is CNC(=O)N(C)Cc1ccc(C)c(C(=O)O)c1. The van der Waals surface area contributed by atoms with E-state index in [1.807, 2.05) is 6.07 Å². The summed E-state index contributed by atoms with van der Waals surface area (Å²) in [6.07, 6.45) is 0. The Morgan fingerprint density at radius 1 is 1.41 bits per heavy atom. The summed E-state index contributed by atoms with van der Waals surface area (Å²) in [6, 6.07) is 4.96. The molecule has 0 fully saturated rings. The zero-order valence-electron chi connectivity index (χ0n) is 10.2. The Bertz CT molecular complexity index is 443. The minimum atomic E-state index is -0.952. The smallest absolute Gasteiger partial charge is 0.335 e. The molecule has 0 bridgehead atoms. The first-order valence-corrected chi connectivity index (χ1v) is 5.21. The zero-order chi connectivity index (χ0) is 13.0. The largest absolute Gasteiger partial charge is 0.478 e. The molecule has 5 heteroatoms. The molecular weight excluding hydrogens is 220 g/mol. The van der Waals surface area contributed by atoms with Crippen molar-refractivity contribution in [2.75, 3.05) is 14.1 Å². The van der Waals surface area contributed by atoms with E-state index in [1.54, 1.807) is 33.2 Å². The summed E-state index contributed by atoms with van der Waals surface area (Å²) in [5, 5.41) is 11.5. The van der Waals surface area contributed by atoms with Gasteiger partial charge >= 0.3 is 12.0 Å². The van der Waals surface area contributed by atoms with Gasteiger partial charge in [-0.05, 0) is 24.1 Å². The number of aryl methyl sites for hydroxylation is 1. The average molecular weight is 236 g/mol.